The van der Waals surface area contributed by atoms with Crippen LogP contribution in [0.2, 0.25) is 0 Å². The van der Waals surface area contributed by atoms with Gasteiger partial charge in [-0.25, -0.2) is 0 Å². The number of hydrogen-bond acceptors (Lipinski definition) is 5. The van der Waals surface area contributed by atoms with E-state index in [-0.39, 0.29) is 24.0 Å². The number of fused-ring (bicyclic) bond motifs is 1. The number of likely N-dealkylation sites (tertiary alicyclic amines) is 1. The van der Waals surface area contributed by atoms with E-state index in [1.54, 1.807) is 11.9 Å². The van der Waals surface area contributed by atoms with Crippen LogP contribution in [0, 0.1) is 18.8 Å². The first-order valence-electron chi connectivity index (χ1n) is 10.8. The Balaban J connectivity index is 1.36. The third-order valence-corrected chi connectivity index (χ3v) is 7.13. The average Bonchev–Trinajstić information content (AvgIpc) is 3.38. The maximum absolute atomic E-state index is 13.5. The van der Waals surface area contributed by atoms with Gasteiger partial charge in [0, 0.05) is 19.2 Å². The quantitative estimate of drug-likeness (QED) is 0.574. The van der Waals surface area contributed by atoms with Gasteiger partial charge in [-0.15, -0.1) is 0 Å². The summed E-state index contributed by atoms with van der Waals surface area (Å²) in [5, 5.41) is 3.99. The van der Waals surface area contributed by atoms with Gasteiger partial charge in [0.05, 0.1) is 31.0 Å². The highest BCUT2D eigenvalue weighted by atomic mass is 16.5. The normalized spacial score (nSPS) is 33.9. The number of nitrogens with zero attached hydrogens (tertiary/aromatic N) is 3. The molecule has 156 valence electrons. The van der Waals surface area contributed by atoms with Gasteiger partial charge in [0.15, 0.2) is 0 Å². The van der Waals surface area contributed by atoms with Crippen LogP contribution < -0.4 is 0 Å². The molecule has 1 aromatic rings. The van der Waals surface area contributed by atoms with Crippen molar-refractivity contribution in [3.63, 3.8) is 0 Å². The molecule has 4 aliphatic rings. The zero-order valence-electron chi connectivity index (χ0n) is 17.2. The standard InChI is InChI=1S/C22H29N3O4/c1-14-11-15(23-29-14)12-24(2)20(26)18-17-9-10-22(28-17)13-25(21(27)19(18)22)16-7-5-3-4-6-8-16/h9-11,16-19H,3-8,12-13H2,1-2H3/t17-,18-,19+,22-/m0/s1. The number of rotatable bonds is 4. The van der Waals surface area contributed by atoms with Crippen molar-refractivity contribution in [2.45, 2.75) is 69.7 Å². The second-order valence-electron chi connectivity index (χ2n) is 9.13. The lowest BCUT2D eigenvalue weighted by Gasteiger charge is -2.30. The van der Waals surface area contributed by atoms with Gasteiger partial charge >= 0.3 is 0 Å². The van der Waals surface area contributed by atoms with E-state index in [2.05, 4.69) is 5.16 Å². The van der Waals surface area contributed by atoms with Crippen molar-refractivity contribution in [1.29, 1.82) is 0 Å². The summed E-state index contributed by atoms with van der Waals surface area (Å²) in [7, 11) is 1.76. The van der Waals surface area contributed by atoms with Crippen molar-refractivity contribution in [1.82, 2.24) is 15.0 Å². The van der Waals surface area contributed by atoms with Gasteiger partial charge in [0.25, 0.3) is 0 Å². The molecule has 7 heteroatoms. The fourth-order valence-electron chi connectivity index (χ4n) is 5.76. The van der Waals surface area contributed by atoms with Crippen LogP contribution in [0.1, 0.15) is 50.0 Å². The molecule has 4 atom stereocenters. The highest BCUT2D eigenvalue weighted by Crippen LogP contribution is 2.53. The van der Waals surface area contributed by atoms with Crippen molar-refractivity contribution in [3.05, 3.63) is 29.7 Å². The minimum atomic E-state index is -0.625. The van der Waals surface area contributed by atoms with Gasteiger partial charge in [0.2, 0.25) is 11.8 Å². The minimum absolute atomic E-state index is 0.0528. The summed E-state index contributed by atoms with van der Waals surface area (Å²) in [6.45, 7) is 2.78. The van der Waals surface area contributed by atoms with Crippen LogP contribution in [0.15, 0.2) is 22.7 Å². The smallest absolute Gasteiger partial charge is 0.230 e. The van der Waals surface area contributed by atoms with Gasteiger partial charge in [-0.2, -0.15) is 0 Å². The number of hydrogen-bond donors (Lipinski definition) is 0. The number of carbonyl (C=O) groups is 2. The number of ether oxygens (including phenoxy) is 1. The first-order chi connectivity index (χ1) is 14.0. The molecule has 3 aliphatic heterocycles. The van der Waals surface area contributed by atoms with Crippen molar-refractivity contribution in [2.24, 2.45) is 11.8 Å². The van der Waals surface area contributed by atoms with Crippen molar-refractivity contribution >= 4 is 11.8 Å². The van der Waals surface area contributed by atoms with Gasteiger partial charge in [-0.05, 0) is 19.8 Å². The zero-order valence-corrected chi connectivity index (χ0v) is 17.2. The highest BCUT2D eigenvalue weighted by molar-refractivity contribution is 5.93. The van der Waals surface area contributed by atoms with Crippen LogP contribution in [0.25, 0.3) is 0 Å². The predicted molar refractivity (Wildman–Crippen MR) is 105 cm³/mol. The molecule has 5 rings (SSSR count). The lowest BCUT2D eigenvalue weighted by Crippen LogP contribution is -2.45. The Hall–Kier alpha value is -2.15. The summed E-state index contributed by atoms with van der Waals surface area (Å²) in [5.41, 5.74) is 0.0881. The van der Waals surface area contributed by atoms with E-state index in [1.165, 1.54) is 25.7 Å². The summed E-state index contributed by atoms with van der Waals surface area (Å²) in [4.78, 5) is 30.5. The van der Waals surface area contributed by atoms with Gasteiger partial charge in [-0.3, -0.25) is 9.59 Å². The molecule has 2 amide bonds. The Morgan fingerprint density at radius 3 is 2.76 bits per heavy atom. The SMILES string of the molecule is Cc1cc(CN(C)C(=O)[C@H]2[C@@H]3C=C[C@@]4(CN(C5CCCCCC5)C(=O)[C@@H]24)O3)no1. The Kier molecular flexibility index (Phi) is 4.53. The maximum atomic E-state index is 13.5. The summed E-state index contributed by atoms with van der Waals surface area (Å²) < 4.78 is 11.4. The van der Waals surface area contributed by atoms with E-state index in [0.717, 1.165) is 18.6 Å². The maximum Gasteiger partial charge on any atom is 0.230 e. The highest BCUT2D eigenvalue weighted by Gasteiger charge is 2.67. The molecular weight excluding hydrogens is 370 g/mol. The van der Waals surface area contributed by atoms with Crippen LogP contribution in [0.5, 0.6) is 0 Å². The van der Waals surface area contributed by atoms with Crippen molar-refractivity contribution < 1.29 is 18.8 Å². The molecule has 3 fully saturated rings. The van der Waals surface area contributed by atoms with Crippen LogP contribution in [0.4, 0.5) is 0 Å². The summed E-state index contributed by atoms with van der Waals surface area (Å²) in [6, 6.07) is 2.12. The third kappa shape index (κ3) is 3.01. The number of aryl methyl sites for hydroxylation is 1. The summed E-state index contributed by atoms with van der Waals surface area (Å²) in [6.07, 6.45) is 10.7. The molecule has 29 heavy (non-hydrogen) atoms. The first-order valence-corrected chi connectivity index (χ1v) is 10.8. The molecule has 7 nitrogen and oxygen atoms in total. The van der Waals surface area contributed by atoms with Gasteiger partial charge in [-0.1, -0.05) is 43.0 Å². The molecule has 2 bridgehead atoms. The van der Waals surface area contributed by atoms with E-state index >= 15 is 0 Å². The third-order valence-electron chi connectivity index (χ3n) is 7.13. The lowest BCUT2D eigenvalue weighted by atomic mass is 9.76. The van der Waals surface area contributed by atoms with E-state index in [1.807, 2.05) is 30.0 Å². The molecule has 0 N–H and O–H groups in total. The van der Waals surface area contributed by atoms with E-state index in [9.17, 15) is 9.59 Å². The van der Waals surface area contributed by atoms with E-state index < -0.39 is 17.4 Å². The topological polar surface area (TPSA) is 75.9 Å². The molecule has 0 radical (unpaired) electrons. The second kappa shape index (κ2) is 6.97. The van der Waals surface area contributed by atoms with Crippen LogP contribution in [-0.2, 0) is 20.9 Å². The molecule has 0 aromatic carbocycles. The van der Waals surface area contributed by atoms with Crippen LogP contribution in [-0.4, -0.2) is 58.1 Å². The van der Waals surface area contributed by atoms with Crippen molar-refractivity contribution in [2.75, 3.05) is 13.6 Å². The Bertz CT molecular complexity index is 841. The number of carbonyl (C=O) groups excluding carboxylic acids is 2. The fourth-order valence-corrected chi connectivity index (χ4v) is 5.76. The number of amides is 2. The molecule has 1 saturated carbocycles. The molecule has 1 aromatic heterocycles. The first kappa shape index (κ1) is 18.9. The molecule has 4 heterocycles. The lowest BCUT2D eigenvalue weighted by molar-refractivity contribution is -0.143. The second-order valence-corrected chi connectivity index (χ2v) is 9.13. The largest absolute Gasteiger partial charge is 0.361 e. The summed E-state index contributed by atoms with van der Waals surface area (Å²) >= 11 is 0. The Morgan fingerprint density at radius 2 is 2.07 bits per heavy atom. The van der Waals surface area contributed by atoms with Crippen LogP contribution in [0.3, 0.4) is 0 Å². The minimum Gasteiger partial charge on any atom is -0.361 e. The van der Waals surface area contributed by atoms with Crippen molar-refractivity contribution in [3.8, 4) is 0 Å². The predicted octanol–water partition coefficient (Wildman–Crippen LogP) is 2.45. The Labute approximate surface area is 171 Å². The molecular formula is C22H29N3O4. The monoisotopic (exact) mass is 399 g/mol. The van der Waals surface area contributed by atoms with Gasteiger partial charge < -0.3 is 19.1 Å². The molecule has 2 saturated heterocycles. The summed E-state index contributed by atoms with van der Waals surface area (Å²) in [5.74, 6) is -0.0947. The average molecular weight is 399 g/mol. The zero-order chi connectivity index (χ0) is 20.2. The number of aromatic nitrogens is 1. The fraction of sp³-hybridized carbons (Fsp3) is 0.682. The van der Waals surface area contributed by atoms with Gasteiger partial charge in [0.1, 0.15) is 17.1 Å². The molecule has 1 aliphatic carbocycles. The van der Waals surface area contributed by atoms with E-state index in [0.29, 0.717) is 18.8 Å². The van der Waals surface area contributed by atoms with E-state index in [4.69, 9.17) is 9.26 Å². The Morgan fingerprint density at radius 1 is 1.31 bits per heavy atom. The van der Waals surface area contributed by atoms with Crippen LogP contribution >= 0.6 is 0 Å². The molecule has 0 unspecified atom stereocenters. The molecule has 1 spiro atoms.